The molecule has 1 fully saturated rings. The monoisotopic (exact) mass is 369 g/mol. The van der Waals surface area contributed by atoms with Gasteiger partial charge >= 0.3 is 5.97 Å². The van der Waals surface area contributed by atoms with Crippen LogP contribution in [0, 0.1) is 0 Å². The van der Waals surface area contributed by atoms with Gasteiger partial charge in [0.1, 0.15) is 11.5 Å². The summed E-state index contributed by atoms with van der Waals surface area (Å²) in [4.78, 5) is 13.3. The molecule has 3 rings (SSSR count). The van der Waals surface area contributed by atoms with Crippen molar-refractivity contribution >= 4 is 5.97 Å². The summed E-state index contributed by atoms with van der Waals surface area (Å²) in [5.41, 5.74) is 2.52. The number of methoxy groups -OCH3 is 1. The minimum absolute atomic E-state index is 0.547. The van der Waals surface area contributed by atoms with E-state index in [-0.39, 0.29) is 0 Å². The number of likely N-dealkylation sites (tertiary alicyclic amines) is 1. The number of ether oxygens (including phenoxy) is 2. The lowest BCUT2D eigenvalue weighted by Crippen LogP contribution is -2.32. The van der Waals surface area contributed by atoms with E-state index in [1.54, 1.807) is 7.11 Å². The van der Waals surface area contributed by atoms with E-state index in [2.05, 4.69) is 17.0 Å². The molecule has 5 nitrogen and oxygen atoms in total. The standard InChI is InChI=1S/C22H27NO4/c1-16(22(24)25)27-19-9-7-17(8-10-19)15-23-13-11-18(12-14-23)20-5-3-4-6-21(20)26-2/h3-10,16,18H,11-15H2,1-2H3,(H,24,25)/t16-/m0/s1. The van der Waals surface area contributed by atoms with E-state index < -0.39 is 12.1 Å². The van der Waals surface area contributed by atoms with Crippen LogP contribution in [0.25, 0.3) is 0 Å². The summed E-state index contributed by atoms with van der Waals surface area (Å²) in [5.74, 6) is 1.16. The number of piperidine rings is 1. The van der Waals surface area contributed by atoms with Gasteiger partial charge in [0.15, 0.2) is 6.10 Å². The van der Waals surface area contributed by atoms with Gasteiger partial charge in [-0.15, -0.1) is 0 Å². The van der Waals surface area contributed by atoms with Crippen LogP contribution in [0.4, 0.5) is 0 Å². The van der Waals surface area contributed by atoms with Crippen molar-refractivity contribution in [3.05, 3.63) is 59.7 Å². The molecule has 27 heavy (non-hydrogen) atoms. The van der Waals surface area contributed by atoms with E-state index in [0.29, 0.717) is 11.7 Å². The first-order valence-electron chi connectivity index (χ1n) is 9.40. The molecule has 0 saturated carbocycles. The first-order valence-corrected chi connectivity index (χ1v) is 9.40. The van der Waals surface area contributed by atoms with E-state index in [9.17, 15) is 4.79 Å². The lowest BCUT2D eigenvalue weighted by Gasteiger charge is -2.32. The molecule has 0 unspecified atom stereocenters. The van der Waals surface area contributed by atoms with Crippen molar-refractivity contribution in [2.24, 2.45) is 0 Å². The van der Waals surface area contributed by atoms with Crippen LogP contribution in [0.15, 0.2) is 48.5 Å². The SMILES string of the molecule is COc1ccccc1C1CCN(Cc2ccc(O[C@@H](C)C(=O)O)cc2)CC1. The number of carboxylic acids is 1. The Morgan fingerprint density at radius 1 is 1.15 bits per heavy atom. The molecular formula is C22H27NO4. The molecule has 0 aromatic heterocycles. The Morgan fingerprint density at radius 3 is 2.44 bits per heavy atom. The number of para-hydroxylation sites is 1. The predicted octanol–water partition coefficient (Wildman–Crippen LogP) is 3.93. The summed E-state index contributed by atoms with van der Waals surface area (Å²) in [6, 6.07) is 16.0. The zero-order valence-corrected chi connectivity index (χ0v) is 15.9. The Bertz CT molecular complexity index is 751. The highest BCUT2D eigenvalue weighted by atomic mass is 16.5. The highest BCUT2D eigenvalue weighted by Crippen LogP contribution is 2.34. The number of hydrogen-bond donors (Lipinski definition) is 1. The van der Waals surface area contributed by atoms with E-state index >= 15 is 0 Å². The summed E-state index contributed by atoms with van der Waals surface area (Å²) in [6.45, 7) is 4.53. The molecule has 1 aliphatic heterocycles. The molecule has 1 saturated heterocycles. The molecule has 0 spiro atoms. The maximum Gasteiger partial charge on any atom is 0.344 e. The van der Waals surface area contributed by atoms with Crippen molar-refractivity contribution in [2.75, 3.05) is 20.2 Å². The lowest BCUT2D eigenvalue weighted by molar-refractivity contribution is -0.144. The fraction of sp³-hybridized carbons (Fsp3) is 0.409. The third-order valence-corrected chi connectivity index (χ3v) is 5.16. The van der Waals surface area contributed by atoms with Gasteiger partial charge in [0.2, 0.25) is 0 Å². The van der Waals surface area contributed by atoms with Gasteiger partial charge in [-0.1, -0.05) is 30.3 Å². The maximum atomic E-state index is 10.9. The zero-order chi connectivity index (χ0) is 19.2. The fourth-order valence-corrected chi connectivity index (χ4v) is 3.59. The van der Waals surface area contributed by atoms with Gasteiger partial charge in [-0.25, -0.2) is 4.79 Å². The minimum Gasteiger partial charge on any atom is -0.496 e. The van der Waals surface area contributed by atoms with Crippen LogP contribution in [0.2, 0.25) is 0 Å². The third-order valence-electron chi connectivity index (χ3n) is 5.16. The van der Waals surface area contributed by atoms with Crippen molar-refractivity contribution in [2.45, 2.75) is 38.3 Å². The summed E-state index contributed by atoms with van der Waals surface area (Å²) in [6.07, 6.45) is 1.40. The van der Waals surface area contributed by atoms with E-state index in [0.717, 1.165) is 38.2 Å². The molecule has 2 aromatic carbocycles. The van der Waals surface area contributed by atoms with Crippen LogP contribution in [-0.4, -0.2) is 42.3 Å². The number of nitrogens with zero attached hydrogens (tertiary/aromatic N) is 1. The highest BCUT2D eigenvalue weighted by Gasteiger charge is 2.23. The molecule has 1 aliphatic rings. The summed E-state index contributed by atoms with van der Waals surface area (Å²) >= 11 is 0. The molecular weight excluding hydrogens is 342 g/mol. The molecule has 5 heteroatoms. The van der Waals surface area contributed by atoms with Gasteiger partial charge < -0.3 is 14.6 Å². The van der Waals surface area contributed by atoms with Crippen molar-refractivity contribution in [3.63, 3.8) is 0 Å². The Hall–Kier alpha value is -2.53. The number of benzene rings is 2. The molecule has 1 heterocycles. The third kappa shape index (κ3) is 5.01. The van der Waals surface area contributed by atoms with E-state index in [4.69, 9.17) is 14.6 Å². The summed E-state index contributed by atoms with van der Waals surface area (Å²) in [5, 5.41) is 8.91. The van der Waals surface area contributed by atoms with Crippen molar-refractivity contribution in [1.29, 1.82) is 0 Å². The second-order valence-electron chi connectivity index (χ2n) is 7.03. The van der Waals surface area contributed by atoms with Gasteiger partial charge in [-0.3, -0.25) is 4.90 Å². The first-order chi connectivity index (χ1) is 13.1. The van der Waals surface area contributed by atoms with Crippen LogP contribution >= 0.6 is 0 Å². The smallest absolute Gasteiger partial charge is 0.344 e. The quantitative estimate of drug-likeness (QED) is 0.801. The molecule has 144 valence electrons. The molecule has 0 amide bonds. The number of carboxylic acid groups (broad SMARTS) is 1. The van der Waals surface area contributed by atoms with E-state index in [1.165, 1.54) is 18.1 Å². The molecule has 0 bridgehead atoms. The van der Waals surface area contributed by atoms with Gasteiger partial charge in [0, 0.05) is 6.54 Å². The molecule has 1 N–H and O–H groups in total. The molecule has 1 atom stereocenters. The highest BCUT2D eigenvalue weighted by molar-refractivity contribution is 5.72. The summed E-state index contributed by atoms with van der Waals surface area (Å²) < 4.78 is 10.9. The Morgan fingerprint density at radius 2 is 1.81 bits per heavy atom. The molecule has 2 aromatic rings. The van der Waals surface area contributed by atoms with Crippen LogP contribution in [0.1, 0.15) is 36.8 Å². The fourth-order valence-electron chi connectivity index (χ4n) is 3.59. The second kappa shape index (κ2) is 8.91. The van der Waals surface area contributed by atoms with Crippen LogP contribution in [0.3, 0.4) is 0 Å². The number of rotatable bonds is 7. The molecule has 0 aliphatic carbocycles. The zero-order valence-electron chi connectivity index (χ0n) is 15.9. The summed E-state index contributed by atoms with van der Waals surface area (Å²) in [7, 11) is 1.73. The number of carbonyl (C=O) groups is 1. The van der Waals surface area contributed by atoms with E-state index in [1.807, 2.05) is 36.4 Å². The average molecular weight is 369 g/mol. The second-order valence-corrected chi connectivity index (χ2v) is 7.03. The Balaban J connectivity index is 1.52. The van der Waals surface area contributed by atoms with Gasteiger partial charge in [0.25, 0.3) is 0 Å². The Kier molecular flexibility index (Phi) is 6.35. The lowest BCUT2D eigenvalue weighted by atomic mass is 9.88. The number of hydrogen-bond acceptors (Lipinski definition) is 4. The van der Waals surface area contributed by atoms with Gasteiger partial charge in [-0.2, -0.15) is 0 Å². The van der Waals surface area contributed by atoms with Gasteiger partial charge in [0.05, 0.1) is 7.11 Å². The largest absolute Gasteiger partial charge is 0.496 e. The van der Waals surface area contributed by atoms with Crippen LogP contribution in [-0.2, 0) is 11.3 Å². The first kappa shape index (κ1) is 19.2. The van der Waals surface area contributed by atoms with Crippen LogP contribution in [0.5, 0.6) is 11.5 Å². The average Bonchev–Trinajstić information content (AvgIpc) is 2.70. The minimum atomic E-state index is -0.961. The van der Waals surface area contributed by atoms with Crippen molar-refractivity contribution in [1.82, 2.24) is 4.90 Å². The predicted molar refractivity (Wildman–Crippen MR) is 104 cm³/mol. The normalized spacial score (nSPS) is 16.7. The van der Waals surface area contributed by atoms with Crippen molar-refractivity contribution in [3.8, 4) is 11.5 Å². The molecule has 0 radical (unpaired) electrons. The maximum absolute atomic E-state index is 10.9. The van der Waals surface area contributed by atoms with Crippen molar-refractivity contribution < 1.29 is 19.4 Å². The van der Waals surface area contributed by atoms with Crippen LogP contribution < -0.4 is 9.47 Å². The Labute approximate surface area is 160 Å². The number of aliphatic carboxylic acids is 1. The topological polar surface area (TPSA) is 59.0 Å². The van der Waals surface area contributed by atoms with Gasteiger partial charge in [-0.05, 0) is 68.1 Å².